The van der Waals surface area contributed by atoms with E-state index in [1.807, 2.05) is 6.92 Å². The number of hydrogen-bond acceptors (Lipinski definition) is 3. The number of H-pyrrole nitrogens is 1. The van der Waals surface area contributed by atoms with Gasteiger partial charge in [-0.15, -0.1) is 0 Å². The first kappa shape index (κ1) is 11.2. The van der Waals surface area contributed by atoms with Crippen LogP contribution in [0.2, 0.25) is 0 Å². The highest BCUT2D eigenvalue weighted by Crippen LogP contribution is 2.04. The summed E-state index contributed by atoms with van der Waals surface area (Å²) in [5, 5.41) is 3.03. The molecule has 0 radical (unpaired) electrons. The smallest absolute Gasteiger partial charge is 0.242 e. The van der Waals surface area contributed by atoms with Crippen LogP contribution < -0.4 is 10.0 Å². The molecule has 1 aromatic heterocycles. The average Bonchev–Trinajstić information content (AvgIpc) is 2.65. The second kappa shape index (κ2) is 5.14. The summed E-state index contributed by atoms with van der Waals surface area (Å²) >= 11 is 0. The predicted molar refractivity (Wildman–Crippen MR) is 54.5 cm³/mol. The summed E-state index contributed by atoms with van der Waals surface area (Å²) in [6, 6.07) is 1.52. The molecule has 3 N–H and O–H groups in total. The van der Waals surface area contributed by atoms with Gasteiger partial charge in [-0.05, 0) is 12.6 Å². The molecule has 1 heterocycles. The van der Waals surface area contributed by atoms with Crippen LogP contribution >= 0.6 is 0 Å². The molecule has 0 saturated heterocycles. The molecule has 14 heavy (non-hydrogen) atoms. The molecule has 0 aliphatic carbocycles. The Morgan fingerprint density at radius 1 is 1.43 bits per heavy atom. The Balaban J connectivity index is 2.44. The van der Waals surface area contributed by atoms with Crippen molar-refractivity contribution < 1.29 is 8.42 Å². The first-order chi connectivity index (χ1) is 6.67. The minimum atomic E-state index is -3.32. The molecule has 0 amide bonds. The standard InChI is InChI=1S/C8H15N3O2S/c1-2-9-5-6-11-14(12,13)8-3-4-10-7-8/h3-4,7,9-11H,2,5-6H2,1H3. The lowest BCUT2D eigenvalue weighted by molar-refractivity contribution is 0.577. The van der Waals surface area contributed by atoms with Crippen LogP contribution in [0.4, 0.5) is 0 Å². The maximum atomic E-state index is 11.5. The van der Waals surface area contributed by atoms with Crippen LogP contribution in [0.1, 0.15) is 6.92 Å². The molecule has 0 bridgehead atoms. The van der Waals surface area contributed by atoms with E-state index >= 15 is 0 Å². The van der Waals surface area contributed by atoms with E-state index in [-0.39, 0.29) is 4.90 Å². The topological polar surface area (TPSA) is 74.0 Å². The lowest BCUT2D eigenvalue weighted by Gasteiger charge is -2.04. The Labute approximate surface area is 84.0 Å². The normalized spacial score (nSPS) is 11.8. The summed E-state index contributed by atoms with van der Waals surface area (Å²) in [6.45, 7) is 3.86. The summed E-state index contributed by atoms with van der Waals surface area (Å²) in [7, 11) is -3.32. The monoisotopic (exact) mass is 217 g/mol. The van der Waals surface area contributed by atoms with Crippen molar-refractivity contribution in [3.8, 4) is 0 Å². The first-order valence-electron chi connectivity index (χ1n) is 4.50. The highest BCUT2D eigenvalue weighted by atomic mass is 32.2. The number of nitrogens with one attached hydrogen (secondary N) is 3. The lowest BCUT2D eigenvalue weighted by Crippen LogP contribution is -2.31. The van der Waals surface area contributed by atoms with E-state index in [4.69, 9.17) is 0 Å². The van der Waals surface area contributed by atoms with E-state index in [2.05, 4.69) is 15.0 Å². The van der Waals surface area contributed by atoms with E-state index < -0.39 is 10.0 Å². The maximum Gasteiger partial charge on any atom is 0.242 e. The van der Waals surface area contributed by atoms with Gasteiger partial charge in [-0.1, -0.05) is 6.92 Å². The molecule has 80 valence electrons. The molecular weight excluding hydrogens is 202 g/mol. The Hall–Kier alpha value is -0.850. The molecule has 0 atom stereocenters. The Kier molecular flexibility index (Phi) is 4.12. The van der Waals surface area contributed by atoms with Crippen LogP contribution in [0.5, 0.6) is 0 Å². The van der Waals surface area contributed by atoms with Crippen LogP contribution in [0.25, 0.3) is 0 Å². The SMILES string of the molecule is CCNCCNS(=O)(=O)c1cc[nH]c1. The fourth-order valence-corrected chi connectivity index (χ4v) is 2.02. The van der Waals surface area contributed by atoms with Crippen molar-refractivity contribution in [2.75, 3.05) is 19.6 Å². The van der Waals surface area contributed by atoms with Crippen molar-refractivity contribution in [1.82, 2.24) is 15.0 Å². The Morgan fingerprint density at radius 3 is 2.79 bits per heavy atom. The first-order valence-corrected chi connectivity index (χ1v) is 5.98. The number of sulfonamides is 1. The summed E-state index contributed by atoms with van der Waals surface area (Å²) in [5.41, 5.74) is 0. The number of rotatable bonds is 6. The minimum absolute atomic E-state index is 0.272. The highest BCUT2D eigenvalue weighted by molar-refractivity contribution is 7.89. The quantitative estimate of drug-likeness (QED) is 0.583. The van der Waals surface area contributed by atoms with Gasteiger partial charge in [-0.3, -0.25) is 0 Å². The Morgan fingerprint density at radius 2 is 2.21 bits per heavy atom. The van der Waals surface area contributed by atoms with Gasteiger partial charge in [0, 0.05) is 25.5 Å². The van der Waals surface area contributed by atoms with Gasteiger partial charge in [0.15, 0.2) is 0 Å². The number of hydrogen-bond donors (Lipinski definition) is 3. The molecule has 5 nitrogen and oxygen atoms in total. The fourth-order valence-electron chi connectivity index (χ4n) is 1.01. The highest BCUT2D eigenvalue weighted by Gasteiger charge is 2.12. The van der Waals surface area contributed by atoms with Gasteiger partial charge in [0.2, 0.25) is 10.0 Å². The van der Waals surface area contributed by atoms with E-state index in [0.717, 1.165) is 6.54 Å². The molecule has 0 aromatic carbocycles. The van der Waals surface area contributed by atoms with Crippen molar-refractivity contribution in [2.45, 2.75) is 11.8 Å². The largest absolute Gasteiger partial charge is 0.366 e. The van der Waals surface area contributed by atoms with Crippen molar-refractivity contribution in [3.63, 3.8) is 0 Å². The third-order valence-electron chi connectivity index (χ3n) is 1.72. The number of aromatic nitrogens is 1. The fraction of sp³-hybridized carbons (Fsp3) is 0.500. The van der Waals surface area contributed by atoms with Crippen molar-refractivity contribution >= 4 is 10.0 Å². The Bertz CT molecular complexity index is 345. The van der Waals surface area contributed by atoms with Gasteiger partial charge in [-0.2, -0.15) is 0 Å². The molecule has 6 heteroatoms. The third kappa shape index (κ3) is 3.13. The molecular formula is C8H15N3O2S. The van der Waals surface area contributed by atoms with Gasteiger partial charge < -0.3 is 10.3 Å². The molecule has 0 saturated carbocycles. The zero-order valence-corrected chi connectivity index (χ0v) is 8.89. The second-order valence-electron chi connectivity index (χ2n) is 2.80. The van der Waals surface area contributed by atoms with E-state index in [1.165, 1.54) is 12.3 Å². The number of aromatic amines is 1. The van der Waals surface area contributed by atoms with E-state index in [0.29, 0.717) is 13.1 Å². The molecule has 0 fully saturated rings. The summed E-state index contributed by atoms with van der Waals surface area (Å²) in [5.74, 6) is 0. The van der Waals surface area contributed by atoms with Gasteiger partial charge in [0.25, 0.3) is 0 Å². The van der Waals surface area contributed by atoms with Gasteiger partial charge in [-0.25, -0.2) is 13.1 Å². The molecule has 0 aliphatic heterocycles. The van der Waals surface area contributed by atoms with Crippen LogP contribution in [-0.2, 0) is 10.0 Å². The number of likely N-dealkylation sites (N-methyl/N-ethyl adjacent to an activating group) is 1. The van der Waals surface area contributed by atoms with E-state index in [9.17, 15) is 8.42 Å². The lowest BCUT2D eigenvalue weighted by atomic mass is 10.6. The average molecular weight is 217 g/mol. The molecule has 0 unspecified atom stereocenters. The second-order valence-corrected chi connectivity index (χ2v) is 4.56. The zero-order chi connectivity index (χ0) is 10.4. The van der Waals surface area contributed by atoms with Crippen LogP contribution in [0.15, 0.2) is 23.4 Å². The molecule has 1 rings (SSSR count). The molecule has 0 spiro atoms. The summed E-state index contributed by atoms with van der Waals surface area (Å²) in [6.07, 6.45) is 3.04. The third-order valence-corrected chi connectivity index (χ3v) is 3.18. The predicted octanol–water partition coefficient (Wildman–Crippen LogP) is -0.0975. The van der Waals surface area contributed by atoms with Gasteiger partial charge in [0.05, 0.1) is 4.90 Å². The molecule has 1 aromatic rings. The van der Waals surface area contributed by atoms with E-state index in [1.54, 1.807) is 6.20 Å². The summed E-state index contributed by atoms with van der Waals surface area (Å²) in [4.78, 5) is 2.97. The van der Waals surface area contributed by atoms with Crippen LogP contribution in [0.3, 0.4) is 0 Å². The van der Waals surface area contributed by atoms with Gasteiger partial charge in [0.1, 0.15) is 0 Å². The maximum absolute atomic E-state index is 11.5. The zero-order valence-electron chi connectivity index (χ0n) is 8.08. The summed E-state index contributed by atoms with van der Waals surface area (Å²) < 4.78 is 25.5. The van der Waals surface area contributed by atoms with Crippen LogP contribution in [0, 0.1) is 0 Å². The van der Waals surface area contributed by atoms with Crippen molar-refractivity contribution in [2.24, 2.45) is 0 Å². The minimum Gasteiger partial charge on any atom is -0.366 e. The molecule has 0 aliphatic rings. The van der Waals surface area contributed by atoms with Crippen molar-refractivity contribution in [1.29, 1.82) is 0 Å². The van der Waals surface area contributed by atoms with Crippen molar-refractivity contribution in [3.05, 3.63) is 18.5 Å². The van der Waals surface area contributed by atoms with Gasteiger partial charge >= 0.3 is 0 Å². The van der Waals surface area contributed by atoms with Crippen LogP contribution in [-0.4, -0.2) is 33.0 Å².